The fourth-order valence-electron chi connectivity index (χ4n) is 4.65. The zero-order valence-corrected chi connectivity index (χ0v) is 22.3. The molecular formula is C28H31N5O4S. The van der Waals surface area contributed by atoms with Gasteiger partial charge in [-0.15, -0.1) is 0 Å². The molecule has 1 aliphatic carbocycles. The van der Waals surface area contributed by atoms with Crippen molar-refractivity contribution in [3.8, 4) is 11.5 Å². The van der Waals surface area contributed by atoms with Gasteiger partial charge in [0.1, 0.15) is 5.69 Å². The molecule has 0 spiro atoms. The molecule has 1 aromatic heterocycles. The molecule has 38 heavy (non-hydrogen) atoms. The maximum atomic E-state index is 13.0. The molecule has 0 saturated heterocycles. The molecule has 10 heteroatoms. The predicted molar refractivity (Wildman–Crippen MR) is 148 cm³/mol. The van der Waals surface area contributed by atoms with Crippen LogP contribution in [0, 0.1) is 0 Å². The Morgan fingerprint density at radius 3 is 2.61 bits per heavy atom. The second-order valence-electron chi connectivity index (χ2n) is 9.33. The van der Waals surface area contributed by atoms with Gasteiger partial charge in [0.15, 0.2) is 11.5 Å². The Hall–Kier alpha value is -3.79. The van der Waals surface area contributed by atoms with Crippen LogP contribution < -0.4 is 14.8 Å². The Morgan fingerprint density at radius 2 is 1.92 bits per heavy atom. The Balaban J connectivity index is 1.34. The average molecular weight is 534 g/mol. The largest absolute Gasteiger partial charge is 0.493 e. The van der Waals surface area contributed by atoms with Gasteiger partial charge in [-0.2, -0.15) is 10.2 Å². The highest BCUT2D eigenvalue weighted by molar-refractivity contribution is 8.14. The van der Waals surface area contributed by atoms with E-state index in [9.17, 15) is 9.59 Å². The van der Waals surface area contributed by atoms with E-state index < -0.39 is 0 Å². The summed E-state index contributed by atoms with van der Waals surface area (Å²) in [6.45, 7) is 2.38. The van der Waals surface area contributed by atoms with Crippen molar-refractivity contribution in [1.82, 2.24) is 15.2 Å². The summed E-state index contributed by atoms with van der Waals surface area (Å²) in [5, 5.41) is 15.4. The van der Waals surface area contributed by atoms with Crippen LogP contribution in [0.25, 0.3) is 0 Å². The molecule has 198 valence electrons. The van der Waals surface area contributed by atoms with Gasteiger partial charge in [0.05, 0.1) is 30.7 Å². The number of amides is 2. The van der Waals surface area contributed by atoms with Crippen molar-refractivity contribution in [2.75, 3.05) is 12.4 Å². The number of ether oxygens (including phenoxy) is 2. The van der Waals surface area contributed by atoms with Crippen LogP contribution in [0.2, 0.25) is 0 Å². The fraction of sp³-hybridized carbons (Fsp3) is 0.357. The number of hydrazone groups is 1. The van der Waals surface area contributed by atoms with E-state index in [2.05, 4.69) is 22.4 Å². The average Bonchev–Trinajstić information content (AvgIpc) is 3.66. The molecule has 1 unspecified atom stereocenters. The molecular weight excluding hydrogens is 502 g/mol. The Bertz CT molecular complexity index is 1300. The van der Waals surface area contributed by atoms with Gasteiger partial charge >= 0.3 is 5.24 Å². The lowest BCUT2D eigenvalue weighted by Crippen LogP contribution is -2.34. The van der Waals surface area contributed by atoms with Gasteiger partial charge in [-0.1, -0.05) is 30.8 Å². The molecule has 9 nitrogen and oxygen atoms in total. The van der Waals surface area contributed by atoms with Crippen LogP contribution in [-0.4, -0.2) is 50.5 Å². The van der Waals surface area contributed by atoms with Crippen LogP contribution in [0.15, 0.2) is 59.8 Å². The van der Waals surface area contributed by atoms with E-state index in [4.69, 9.17) is 14.6 Å². The minimum absolute atomic E-state index is 0.0495. The first-order valence-electron chi connectivity index (χ1n) is 12.9. The van der Waals surface area contributed by atoms with E-state index in [0.29, 0.717) is 23.7 Å². The molecule has 2 heterocycles. The number of nitrogens with zero attached hydrogens (tertiary/aromatic N) is 3. The second kappa shape index (κ2) is 11.7. The van der Waals surface area contributed by atoms with Crippen molar-refractivity contribution < 1.29 is 19.1 Å². The Labute approximate surface area is 226 Å². The van der Waals surface area contributed by atoms with E-state index in [1.165, 1.54) is 35.8 Å². The minimum Gasteiger partial charge on any atom is -0.493 e. The zero-order valence-electron chi connectivity index (χ0n) is 21.5. The van der Waals surface area contributed by atoms with Gasteiger partial charge in [0, 0.05) is 17.4 Å². The third-order valence-corrected chi connectivity index (χ3v) is 7.96. The van der Waals surface area contributed by atoms with E-state index in [1.54, 1.807) is 25.3 Å². The minimum atomic E-state index is -0.270. The molecule has 5 rings (SSSR count). The number of nitrogens with one attached hydrogen (secondary N) is 2. The number of hydrogen-bond acceptors (Lipinski definition) is 7. The monoisotopic (exact) mass is 533 g/mol. The molecule has 1 fully saturated rings. The normalized spacial score (nSPS) is 17.8. The first-order chi connectivity index (χ1) is 18.5. The van der Waals surface area contributed by atoms with Crippen molar-refractivity contribution in [2.45, 2.75) is 56.9 Å². The number of anilines is 1. The summed E-state index contributed by atoms with van der Waals surface area (Å²) in [6, 6.07) is 14.9. The Morgan fingerprint density at radius 1 is 1.13 bits per heavy atom. The van der Waals surface area contributed by atoms with Gasteiger partial charge in [-0.3, -0.25) is 14.7 Å². The maximum Gasteiger partial charge on any atom is 0.302 e. The fourth-order valence-corrected chi connectivity index (χ4v) is 5.59. The standard InChI is InChI=1S/C28H31N5O4S/c1-3-25-26(19-10-13-23(36-2)24(16-19)37-21-6-4-5-7-21)32-33(28(35)38-25)17-18-8-11-20(12-9-18)30-27(34)22-14-15-29-31-22/h8-16,21,25H,3-7,17H2,1-2H3,(H,29,31)(H,30,34). The Kier molecular flexibility index (Phi) is 7.97. The van der Waals surface area contributed by atoms with Gasteiger partial charge in [-0.25, -0.2) is 5.01 Å². The van der Waals surface area contributed by atoms with E-state index in [0.717, 1.165) is 41.9 Å². The summed E-state index contributed by atoms with van der Waals surface area (Å²) in [6.07, 6.45) is 6.97. The number of hydrogen-bond donors (Lipinski definition) is 2. The number of thioether (sulfide) groups is 1. The number of carbonyl (C=O) groups is 2. The van der Waals surface area contributed by atoms with Crippen LogP contribution in [0.5, 0.6) is 11.5 Å². The number of aromatic amines is 1. The first-order valence-corrected chi connectivity index (χ1v) is 13.7. The van der Waals surface area contributed by atoms with E-state index >= 15 is 0 Å². The summed E-state index contributed by atoms with van der Waals surface area (Å²) in [5.41, 5.74) is 3.70. The predicted octanol–water partition coefficient (Wildman–Crippen LogP) is 5.84. The highest BCUT2D eigenvalue weighted by Gasteiger charge is 2.31. The summed E-state index contributed by atoms with van der Waals surface area (Å²) < 4.78 is 11.9. The number of H-pyrrole nitrogens is 1. The molecule has 1 aliphatic heterocycles. The third-order valence-electron chi connectivity index (χ3n) is 6.70. The van der Waals surface area contributed by atoms with Crippen molar-refractivity contribution in [3.05, 3.63) is 71.5 Å². The van der Waals surface area contributed by atoms with E-state index in [-0.39, 0.29) is 22.5 Å². The molecule has 2 aromatic carbocycles. The highest BCUT2D eigenvalue weighted by Crippen LogP contribution is 2.36. The van der Waals surface area contributed by atoms with Gasteiger partial charge in [-0.05, 0) is 74.1 Å². The van der Waals surface area contributed by atoms with Crippen LogP contribution in [0.4, 0.5) is 10.5 Å². The third kappa shape index (κ3) is 5.85. The van der Waals surface area contributed by atoms with Gasteiger partial charge < -0.3 is 14.8 Å². The van der Waals surface area contributed by atoms with Gasteiger partial charge in [0.25, 0.3) is 5.91 Å². The lowest BCUT2D eigenvalue weighted by atomic mass is 10.0. The van der Waals surface area contributed by atoms with Crippen LogP contribution in [-0.2, 0) is 6.54 Å². The summed E-state index contributed by atoms with van der Waals surface area (Å²) in [7, 11) is 1.65. The van der Waals surface area contributed by atoms with Crippen LogP contribution in [0.1, 0.15) is 60.6 Å². The SMILES string of the molecule is CCC1SC(=O)N(Cc2ccc(NC(=O)c3ccn[nH]3)cc2)N=C1c1ccc(OC)c(OC2CCCC2)c1. The molecule has 2 amide bonds. The number of aromatic nitrogens is 2. The lowest BCUT2D eigenvalue weighted by Gasteiger charge is -2.29. The zero-order chi connectivity index (χ0) is 26.5. The lowest BCUT2D eigenvalue weighted by molar-refractivity contribution is 0.102. The van der Waals surface area contributed by atoms with Crippen molar-refractivity contribution >= 4 is 34.3 Å². The number of rotatable bonds is 9. The first kappa shape index (κ1) is 25.8. The molecule has 1 atom stereocenters. The second-order valence-corrected chi connectivity index (χ2v) is 10.5. The number of benzene rings is 2. The molecule has 2 aliphatic rings. The molecule has 1 saturated carbocycles. The van der Waals surface area contributed by atoms with Crippen molar-refractivity contribution in [2.24, 2.45) is 5.10 Å². The van der Waals surface area contributed by atoms with Crippen LogP contribution in [0.3, 0.4) is 0 Å². The smallest absolute Gasteiger partial charge is 0.302 e. The summed E-state index contributed by atoms with van der Waals surface area (Å²) >= 11 is 1.29. The topological polar surface area (TPSA) is 109 Å². The summed E-state index contributed by atoms with van der Waals surface area (Å²) in [5.74, 6) is 1.15. The molecule has 0 radical (unpaired) electrons. The van der Waals surface area contributed by atoms with E-state index in [1.807, 2.05) is 30.3 Å². The van der Waals surface area contributed by atoms with Gasteiger partial charge in [0.2, 0.25) is 0 Å². The maximum absolute atomic E-state index is 13.0. The highest BCUT2D eigenvalue weighted by atomic mass is 32.2. The molecule has 0 bridgehead atoms. The molecule has 2 N–H and O–H groups in total. The molecule has 3 aromatic rings. The summed E-state index contributed by atoms with van der Waals surface area (Å²) in [4.78, 5) is 25.2. The van der Waals surface area contributed by atoms with Crippen LogP contribution >= 0.6 is 11.8 Å². The quantitative estimate of drug-likeness (QED) is 0.357. The van der Waals surface area contributed by atoms with Crippen molar-refractivity contribution in [3.63, 3.8) is 0 Å². The van der Waals surface area contributed by atoms with Crippen molar-refractivity contribution in [1.29, 1.82) is 0 Å². The number of methoxy groups -OCH3 is 1. The number of carbonyl (C=O) groups excluding carboxylic acids is 2.